The van der Waals surface area contributed by atoms with Crippen molar-refractivity contribution in [1.29, 1.82) is 0 Å². The maximum atomic E-state index is 12.4. The Morgan fingerprint density at radius 1 is 1.50 bits per heavy atom. The van der Waals surface area contributed by atoms with Crippen LogP contribution in [0.3, 0.4) is 0 Å². The number of carbonyl (C=O) groups is 1. The SMILES string of the molecule is CCc1c(C(=O)NCC(N)C2CC2)cnn1-c1cccc(Cl)c1.Cl. The lowest BCUT2D eigenvalue weighted by atomic mass is 10.1. The van der Waals surface area contributed by atoms with Crippen LogP contribution < -0.4 is 11.1 Å². The first-order valence-corrected chi connectivity index (χ1v) is 8.34. The van der Waals surface area contributed by atoms with Gasteiger partial charge in [0.1, 0.15) is 0 Å². The highest BCUT2D eigenvalue weighted by Gasteiger charge is 2.29. The summed E-state index contributed by atoms with van der Waals surface area (Å²) in [7, 11) is 0. The van der Waals surface area contributed by atoms with E-state index in [1.165, 1.54) is 12.8 Å². The predicted molar refractivity (Wildman–Crippen MR) is 98.2 cm³/mol. The Morgan fingerprint density at radius 3 is 2.88 bits per heavy atom. The van der Waals surface area contributed by atoms with Crippen LogP contribution in [0.2, 0.25) is 5.02 Å². The van der Waals surface area contributed by atoms with Gasteiger partial charge >= 0.3 is 0 Å². The Labute approximate surface area is 153 Å². The number of aromatic nitrogens is 2. The lowest BCUT2D eigenvalue weighted by molar-refractivity contribution is 0.0949. The quantitative estimate of drug-likeness (QED) is 0.822. The van der Waals surface area contributed by atoms with Gasteiger partial charge in [-0.1, -0.05) is 24.6 Å². The van der Waals surface area contributed by atoms with E-state index in [-0.39, 0.29) is 24.4 Å². The van der Waals surface area contributed by atoms with Gasteiger partial charge in [0.25, 0.3) is 5.91 Å². The van der Waals surface area contributed by atoms with Gasteiger partial charge in [-0.2, -0.15) is 5.10 Å². The predicted octanol–water partition coefficient (Wildman–Crippen LogP) is 2.98. The molecule has 0 saturated heterocycles. The number of halogens is 2. The van der Waals surface area contributed by atoms with Crippen LogP contribution in [0, 0.1) is 5.92 Å². The van der Waals surface area contributed by atoms with Crippen molar-refractivity contribution in [3.05, 3.63) is 46.7 Å². The molecule has 24 heavy (non-hydrogen) atoms. The van der Waals surface area contributed by atoms with Crippen molar-refractivity contribution < 1.29 is 4.79 Å². The summed E-state index contributed by atoms with van der Waals surface area (Å²) in [5.74, 6) is 0.446. The van der Waals surface area contributed by atoms with Gasteiger partial charge in [0, 0.05) is 17.6 Å². The number of nitrogens with two attached hydrogens (primary N) is 1. The highest BCUT2D eigenvalue weighted by Crippen LogP contribution is 2.31. The molecule has 130 valence electrons. The molecule has 2 aromatic rings. The molecule has 1 heterocycles. The minimum Gasteiger partial charge on any atom is -0.350 e. The second-order valence-corrected chi connectivity index (χ2v) is 6.40. The summed E-state index contributed by atoms with van der Waals surface area (Å²) < 4.78 is 1.77. The van der Waals surface area contributed by atoms with Gasteiger partial charge in [0.2, 0.25) is 0 Å². The summed E-state index contributed by atoms with van der Waals surface area (Å²) in [6, 6.07) is 7.48. The number of carbonyl (C=O) groups excluding carboxylic acids is 1. The third kappa shape index (κ3) is 4.09. The third-order valence-electron chi connectivity index (χ3n) is 4.23. The molecular weight excluding hydrogens is 347 g/mol. The maximum Gasteiger partial charge on any atom is 0.254 e. The molecule has 3 rings (SSSR count). The minimum atomic E-state index is -0.119. The molecule has 7 heteroatoms. The summed E-state index contributed by atoms with van der Waals surface area (Å²) in [5.41, 5.74) is 8.35. The second-order valence-electron chi connectivity index (χ2n) is 5.96. The van der Waals surface area contributed by atoms with E-state index in [0.29, 0.717) is 29.5 Å². The van der Waals surface area contributed by atoms with Crippen molar-refractivity contribution in [1.82, 2.24) is 15.1 Å². The van der Waals surface area contributed by atoms with Crippen molar-refractivity contribution in [2.45, 2.75) is 32.2 Å². The topological polar surface area (TPSA) is 72.9 Å². The van der Waals surface area contributed by atoms with Gasteiger partial charge < -0.3 is 11.1 Å². The van der Waals surface area contributed by atoms with Gasteiger partial charge in [0.05, 0.1) is 23.1 Å². The number of nitrogens with one attached hydrogen (secondary N) is 1. The van der Waals surface area contributed by atoms with Crippen LogP contribution in [-0.4, -0.2) is 28.3 Å². The summed E-state index contributed by atoms with van der Waals surface area (Å²) >= 11 is 6.05. The number of hydrogen-bond acceptors (Lipinski definition) is 3. The fraction of sp³-hybridized carbons (Fsp3) is 0.412. The molecule has 3 N–H and O–H groups in total. The van der Waals surface area contributed by atoms with Crippen LogP contribution in [0.4, 0.5) is 0 Å². The van der Waals surface area contributed by atoms with Crippen LogP contribution >= 0.6 is 24.0 Å². The zero-order chi connectivity index (χ0) is 16.4. The number of nitrogens with zero attached hydrogens (tertiary/aromatic N) is 2. The number of hydrogen-bond donors (Lipinski definition) is 2. The molecule has 1 aliphatic rings. The van der Waals surface area contributed by atoms with Crippen molar-refractivity contribution in [3.63, 3.8) is 0 Å². The second kappa shape index (κ2) is 8.01. The molecule has 1 fully saturated rings. The zero-order valence-electron chi connectivity index (χ0n) is 13.5. The Balaban J connectivity index is 0.00000208. The van der Waals surface area contributed by atoms with Crippen molar-refractivity contribution in [2.75, 3.05) is 6.54 Å². The molecule has 1 atom stereocenters. The Bertz CT molecular complexity index is 712. The average Bonchev–Trinajstić information content (AvgIpc) is 3.31. The summed E-state index contributed by atoms with van der Waals surface area (Å²) in [6.45, 7) is 2.51. The van der Waals surface area contributed by atoms with Gasteiger partial charge in [-0.15, -0.1) is 12.4 Å². The normalized spacial score (nSPS) is 14.8. The van der Waals surface area contributed by atoms with E-state index >= 15 is 0 Å². The first kappa shape index (κ1) is 18.8. The Kier molecular flexibility index (Phi) is 6.27. The first-order chi connectivity index (χ1) is 11.1. The molecule has 1 amide bonds. The van der Waals surface area contributed by atoms with E-state index < -0.39 is 0 Å². The molecule has 0 aliphatic heterocycles. The fourth-order valence-electron chi connectivity index (χ4n) is 2.73. The number of rotatable bonds is 6. The molecule has 0 radical (unpaired) electrons. The van der Waals surface area contributed by atoms with Crippen LogP contribution in [0.15, 0.2) is 30.5 Å². The van der Waals surface area contributed by atoms with Crippen LogP contribution in [0.25, 0.3) is 5.69 Å². The molecule has 5 nitrogen and oxygen atoms in total. The molecule has 1 aromatic carbocycles. The molecule has 0 bridgehead atoms. The molecule has 1 aromatic heterocycles. The first-order valence-electron chi connectivity index (χ1n) is 7.96. The summed E-state index contributed by atoms with van der Waals surface area (Å²) in [5, 5.41) is 7.93. The summed E-state index contributed by atoms with van der Waals surface area (Å²) in [4.78, 5) is 12.4. The lowest BCUT2D eigenvalue weighted by Crippen LogP contribution is -2.38. The minimum absolute atomic E-state index is 0. The smallest absolute Gasteiger partial charge is 0.254 e. The standard InChI is InChI=1S/C17H21ClN4O.ClH/c1-2-16-14(17(23)20-10-15(19)11-6-7-11)9-21-22(16)13-5-3-4-12(18)8-13;/h3-5,8-9,11,15H,2,6-7,10,19H2,1H3,(H,20,23);1H. The summed E-state index contributed by atoms with van der Waals surface area (Å²) in [6.07, 6.45) is 4.65. The molecule has 1 saturated carbocycles. The Morgan fingerprint density at radius 2 is 2.25 bits per heavy atom. The maximum absolute atomic E-state index is 12.4. The molecule has 1 unspecified atom stereocenters. The van der Waals surface area contributed by atoms with Crippen molar-refractivity contribution >= 4 is 29.9 Å². The van der Waals surface area contributed by atoms with E-state index in [4.69, 9.17) is 17.3 Å². The zero-order valence-corrected chi connectivity index (χ0v) is 15.1. The van der Waals surface area contributed by atoms with Crippen molar-refractivity contribution in [2.24, 2.45) is 11.7 Å². The van der Waals surface area contributed by atoms with Gasteiger partial charge in [-0.25, -0.2) is 4.68 Å². The van der Waals surface area contributed by atoms with E-state index in [1.807, 2.05) is 31.2 Å². The van der Waals surface area contributed by atoms with Crippen molar-refractivity contribution in [3.8, 4) is 5.69 Å². The molecule has 1 aliphatic carbocycles. The van der Waals surface area contributed by atoms with Gasteiger partial charge in [0.15, 0.2) is 0 Å². The van der Waals surface area contributed by atoms with E-state index in [0.717, 1.165) is 11.4 Å². The average molecular weight is 369 g/mol. The number of benzene rings is 1. The largest absolute Gasteiger partial charge is 0.350 e. The molecule has 0 spiro atoms. The fourth-order valence-corrected chi connectivity index (χ4v) is 2.92. The van der Waals surface area contributed by atoms with Crippen LogP contribution in [0.5, 0.6) is 0 Å². The van der Waals surface area contributed by atoms with E-state index in [1.54, 1.807) is 10.9 Å². The highest BCUT2D eigenvalue weighted by atomic mass is 35.5. The third-order valence-corrected chi connectivity index (χ3v) is 4.46. The van der Waals surface area contributed by atoms with E-state index in [2.05, 4.69) is 10.4 Å². The molecular formula is C17H22Cl2N4O. The van der Waals surface area contributed by atoms with Gasteiger partial charge in [-0.3, -0.25) is 4.79 Å². The van der Waals surface area contributed by atoms with Crippen LogP contribution in [-0.2, 0) is 6.42 Å². The van der Waals surface area contributed by atoms with E-state index in [9.17, 15) is 4.79 Å². The lowest BCUT2D eigenvalue weighted by Gasteiger charge is -2.12. The van der Waals surface area contributed by atoms with Crippen LogP contribution in [0.1, 0.15) is 35.8 Å². The number of amides is 1. The highest BCUT2D eigenvalue weighted by molar-refractivity contribution is 6.30. The Hall–Kier alpha value is -1.56. The monoisotopic (exact) mass is 368 g/mol. The van der Waals surface area contributed by atoms with Gasteiger partial charge in [-0.05, 0) is 43.4 Å².